The van der Waals surface area contributed by atoms with Crippen LogP contribution < -0.4 is 25.4 Å². The maximum atomic E-state index is 13.7. The number of unbranched alkanes of at least 4 members (excludes halogenated alkanes) is 2. The number of carbonyl (C=O) groups is 3. The van der Waals surface area contributed by atoms with Gasteiger partial charge in [-0.15, -0.1) is 24.8 Å². The lowest BCUT2D eigenvalue weighted by atomic mass is 10.1. The summed E-state index contributed by atoms with van der Waals surface area (Å²) in [7, 11) is 5.22. The first-order chi connectivity index (χ1) is 22.6. The first-order valence-corrected chi connectivity index (χ1v) is 15.9. The van der Waals surface area contributed by atoms with E-state index < -0.39 is 5.91 Å². The summed E-state index contributed by atoms with van der Waals surface area (Å²) in [6.45, 7) is 5.88. The van der Waals surface area contributed by atoms with Crippen LogP contribution in [0.4, 0.5) is 17.3 Å². The summed E-state index contributed by atoms with van der Waals surface area (Å²) in [5, 5.41) is 2.86. The molecule has 264 valence electrons. The molecule has 14 heteroatoms. The third-order valence-corrected chi connectivity index (χ3v) is 8.40. The molecule has 0 spiro atoms. The van der Waals surface area contributed by atoms with Crippen LogP contribution >= 0.6 is 24.8 Å². The van der Waals surface area contributed by atoms with E-state index in [-0.39, 0.29) is 53.9 Å². The van der Waals surface area contributed by atoms with Crippen molar-refractivity contribution in [3.05, 3.63) is 71.3 Å². The number of hydrogen-bond donors (Lipinski definition) is 3. The average Bonchev–Trinajstić information content (AvgIpc) is 3.46. The Labute approximate surface area is 299 Å². The lowest BCUT2D eigenvalue weighted by Gasteiger charge is -2.32. The molecule has 49 heavy (non-hydrogen) atoms. The Bertz CT molecular complexity index is 1760. The van der Waals surface area contributed by atoms with Gasteiger partial charge in [0.15, 0.2) is 5.95 Å². The smallest absolute Gasteiger partial charge is 0.259 e. The van der Waals surface area contributed by atoms with Gasteiger partial charge in [-0.1, -0.05) is 12.1 Å². The zero-order valence-corrected chi connectivity index (χ0v) is 29.9. The highest BCUT2D eigenvalue weighted by Crippen LogP contribution is 2.31. The molecule has 4 aromatic rings. The van der Waals surface area contributed by atoms with Gasteiger partial charge in [-0.05, 0) is 81.3 Å². The van der Waals surface area contributed by atoms with E-state index in [1.54, 1.807) is 37.4 Å². The molecule has 5 rings (SSSR count). The predicted octanol–water partition coefficient (Wildman–Crippen LogP) is 5.55. The standard InChI is InChI=1S/C35H43N7O5.2ClH/c1-23-12-15-28(30(21-23)47-20-7-5-6-11-31(43)42-18-16-40(2)17-19-42)41(3)34(45)24-13-14-25(29(22-24)46-4)33(44)37-26-9-8-10-27-32(26)39-35(36)38-27;;/h8-10,12-15,21-22H,5-7,11,16-20H2,1-4H3,(H,37,44)(H3,36,38,39);2*1H. The van der Waals surface area contributed by atoms with E-state index in [9.17, 15) is 14.4 Å². The maximum absolute atomic E-state index is 13.7. The van der Waals surface area contributed by atoms with Crippen molar-refractivity contribution in [2.75, 3.05) is 69.9 Å². The van der Waals surface area contributed by atoms with Crippen molar-refractivity contribution >= 4 is 70.9 Å². The van der Waals surface area contributed by atoms with Gasteiger partial charge in [-0.2, -0.15) is 0 Å². The summed E-state index contributed by atoms with van der Waals surface area (Å²) in [5.41, 5.74) is 9.76. The Hall–Kier alpha value is -4.52. The molecule has 3 amide bonds. The SMILES string of the molecule is COc1cc(C(=O)N(C)c2ccc(C)cc2OCCCCCC(=O)N2CCN(C)CC2)ccc1C(=O)Nc1cccc2[nH]c(N)nc12.Cl.Cl. The van der Waals surface area contributed by atoms with E-state index in [1.807, 2.05) is 36.1 Å². The summed E-state index contributed by atoms with van der Waals surface area (Å²) in [5.74, 6) is 0.623. The van der Waals surface area contributed by atoms with Gasteiger partial charge in [0.05, 0.1) is 36.2 Å². The van der Waals surface area contributed by atoms with E-state index in [0.29, 0.717) is 46.7 Å². The van der Waals surface area contributed by atoms with E-state index in [0.717, 1.165) is 51.0 Å². The second-order valence-electron chi connectivity index (χ2n) is 11.9. The highest BCUT2D eigenvalue weighted by atomic mass is 35.5. The van der Waals surface area contributed by atoms with Crippen molar-refractivity contribution in [2.45, 2.75) is 32.6 Å². The molecule has 0 atom stereocenters. The molecule has 12 nitrogen and oxygen atoms in total. The number of piperazine rings is 1. The third kappa shape index (κ3) is 9.56. The summed E-state index contributed by atoms with van der Waals surface area (Å²) in [6, 6.07) is 15.8. The molecule has 4 N–H and O–H groups in total. The Morgan fingerprint density at radius 3 is 2.47 bits per heavy atom. The lowest BCUT2D eigenvalue weighted by molar-refractivity contribution is -0.132. The zero-order chi connectivity index (χ0) is 33.5. The van der Waals surface area contributed by atoms with Crippen LogP contribution in [0.2, 0.25) is 0 Å². The van der Waals surface area contributed by atoms with Crippen LogP contribution in [-0.2, 0) is 4.79 Å². The molecule has 0 saturated carbocycles. The Kier molecular flexibility index (Phi) is 14.1. The van der Waals surface area contributed by atoms with Gasteiger partial charge >= 0.3 is 0 Å². The maximum Gasteiger partial charge on any atom is 0.259 e. The number of anilines is 3. The Balaban J connectivity index is 0.00000325. The molecular weight excluding hydrogens is 669 g/mol. The van der Waals surface area contributed by atoms with Crippen molar-refractivity contribution in [2.24, 2.45) is 0 Å². The number of aromatic nitrogens is 2. The number of fused-ring (bicyclic) bond motifs is 1. The van der Waals surface area contributed by atoms with Crippen molar-refractivity contribution < 1.29 is 23.9 Å². The molecule has 1 aliphatic heterocycles. The molecule has 1 fully saturated rings. The molecule has 0 bridgehead atoms. The number of ether oxygens (including phenoxy) is 2. The number of likely N-dealkylation sites (N-methyl/N-ethyl adjacent to an activating group) is 1. The highest BCUT2D eigenvalue weighted by molar-refractivity contribution is 6.11. The van der Waals surface area contributed by atoms with Gasteiger partial charge < -0.3 is 40.2 Å². The number of imidazole rings is 1. The molecule has 1 aromatic heterocycles. The van der Waals surface area contributed by atoms with Crippen molar-refractivity contribution in [3.63, 3.8) is 0 Å². The van der Waals surface area contributed by atoms with Crippen LogP contribution in [0.1, 0.15) is 52.0 Å². The number of H-pyrrole nitrogens is 1. The Morgan fingerprint density at radius 1 is 0.980 bits per heavy atom. The van der Waals surface area contributed by atoms with Crippen LogP contribution in [-0.4, -0.2) is 91.5 Å². The Morgan fingerprint density at radius 2 is 1.73 bits per heavy atom. The minimum absolute atomic E-state index is 0. The minimum atomic E-state index is -0.416. The number of amides is 3. The van der Waals surface area contributed by atoms with E-state index in [4.69, 9.17) is 15.2 Å². The van der Waals surface area contributed by atoms with Crippen molar-refractivity contribution in [1.29, 1.82) is 0 Å². The van der Waals surface area contributed by atoms with E-state index in [1.165, 1.54) is 12.0 Å². The number of halogens is 2. The molecule has 2 heterocycles. The summed E-state index contributed by atoms with van der Waals surface area (Å²) >= 11 is 0. The number of nitrogens with zero attached hydrogens (tertiary/aromatic N) is 4. The topological polar surface area (TPSA) is 146 Å². The van der Waals surface area contributed by atoms with Crippen LogP contribution in [0.15, 0.2) is 54.6 Å². The van der Waals surface area contributed by atoms with Gasteiger partial charge in [-0.3, -0.25) is 14.4 Å². The normalized spacial score (nSPS) is 12.9. The number of hydrogen-bond acceptors (Lipinski definition) is 8. The van der Waals surface area contributed by atoms with E-state index >= 15 is 0 Å². The monoisotopic (exact) mass is 713 g/mol. The largest absolute Gasteiger partial charge is 0.496 e. The molecule has 1 aliphatic rings. The first kappa shape index (κ1) is 38.9. The summed E-state index contributed by atoms with van der Waals surface area (Å²) in [6.07, 6.45) is 3.04. The van der Waals surface area contributed by atoms with Gasteiger partial charge in [-0.25, -0.2) is 4.98 Å². The highest BCUT2D eigenvalue weighted by Gasteiger charge is 2.22. The molecular formula is C35H45Cl2N7O5. The van der Waals surface area contributed by atoms with Crippen molar-refractivity contribution in [3.8, 4) is 11.5 Å². The van der Waals surface area contributed by atoms with Crippen LogP contribution in [0.5, 0.6) is 11.5 Å². The number of nitrogens with two attached hydrogens (primary N) is 1. The van der Waals surface area contributed by atoms with Gasteiger partial charge in [0, 0.05) is 45.2 Å². The lowest BCUT2D eigenvalue weighted by Crippen LogP contribution is -2.47. The molecule has 0 aliphatic carbocycles. The predicted molar refractivity (Wildman–Crippen MR) is 198 cm³/mol. The molecule has 3 aromatic carbocycles. The third-order valence-electron chi connectivity index (χ3n) is 8.40. The number of methoxy groups -OCH3 is 1. The molecule has 0 unspecified atom stereocenters. The second kappa shape index (κ2) is 17.8. The first-order valence-electron chi connectivity index (χ1n) is 15.9. The zero-order valence-electron chi connectivity index (χ0n) is 28.3. The second-order valence-corrected chi connectivity index (χ2v) is 11.9. The number of benzene rings is 3. The number of para-hydroxylation sites is 1. The fourth-order valence-electron chi connectivity index (χ4n) is 5.62. The minimum Gasteiger partial charge on any atom is -0.496 e. The number of nitrogen functional groups attached to an aromatic ring is 1. The number of nitrogens with one attached hydrogen (secondary N) is 2. The number of rotatable bonds is 12. The van der Waals surface area contributed by atoms with Gasteiger partial charge in [0.2, 0.25) is 5.91 Å². The quantitative estimate of drug-likeness (QED) is 0.162. The van der Waals surface area contributed by atoms with Crippen molar-refractivity contribution in [1.82, 2.24) is 19.8 Å². The summed E-state index contributed by atoms with van der Waals surface area (Å²) in [4.78, 5) is 52.3. The van der Waals surface area contributed by atoms with Gasteiger partial charge in [0.1, 0.15) is 17.0 Å². The van der Waals surface area contributed by atoms with Crippen LogP contribution in [0.3, 0.4) is 0 Å². The number of carbonyl (C=O) groups excluding carboxylic acids is 3. The fraction of sp³-hybridized carbons (Fsp3) is 0.371. The van der Waals surface area contributed by atoms with E-state index in [2.05, 4.69) is 27.2 Å². The molecule has 0 radical (unpaired) electrons. The van der Waals surface area contributed by atoms with Crippen LogP contribution in [0.25, 0.3) is 11.0 Å². The molecule has 1 saturated heterocycles. The summed E-state index contributed by atoms with van der Waals surface area (Å²) < 4.78 is 11.7. The fourth-order valence-corrected chi connectivity index (χ4v) is 5.62. The number of aromatic amines is 1. The van der Waals surface area contributed by atoms with Gasteiger partial charge in [0.25, 0.3) is 11.8 Å². The van der Waals surface area contributed by atoms with Crippen LogP contribution in [0, 0.1) is 6.92 Å². The number of aryl methyl sites for hydroxylation is 1. The average molecular weight is 715 g/mol.